The van der Waals surface area contributed by atoms with Gasteiger partial charge < -0.3 is 9.47 Å². The van der Waals surface area contributed by atoms with E-state index in [4.69, 9.17) is 0 Å². The van der Waals surface area contributed by atoms with Crippen molar-refractivity contribution >= 4 is 38.9 Å². The van der Waals surface area contributed by atoms with Crippen LogP contribution in [0.4, 0.5) is 17.1 Å². The first-order valence-electron chi connectivity index (χ1n) is 22.1. The van der Waals surface area contributed by atoms with E-state index < -0.39 is 0 Å². The Kier molecular flexibility index (Phi) is 7.52. The summed E-state index contributed by atoms with van der Waals surface area (Å²) >= 11 is 0. The van der Waals surface area contributed by atoms with Gasteiger partial charge in [-0.3, -0.25) is 0 Å². The Balaban J connectivity index is 0.946. The van der Waals surface area contributed by atoms with Gasteiger partial charge in [-0.05, 0) is 149 Å². The van der Waals surface area contributed by atoms with Gasteiger partial charge in [-0.15, -0.1) is 0 Å². The van der Waals surface area contributed by atoms with Gasteiger partial charge in [-0.1, -0.05) is 140 Å². The van der Waals surface area contributed by atoms with E-state index in [1.807, 2.05) is 0 Å². The molecular weight excluding hydrogens is 725 g/mol. The van der Waals surface area contributed by atoms with E-state index in [1.165, 1.54) is 104 Å². The van der Waals surface area contributed by atoms with Crippen LogP contribution in [0.25, 0.3) is 60.9 Å². The Hall–Kier alpha value is -6.64. The summed E-state index contributed by atoms with van der Waals surface area (Å²) in [5, 5.41) is 2.56. The number of benzene rings is 8. The number of aromatic nitrogens is 1. The molecular formula is C58H46N2. The average Bonchev–Trinajstić information content (AvgIpc) is 3.79. The van der Waals surface area contributed by atoms with Crippen LogP contribution in [0.3, 0.4) is 0 Å². The van der Waals surface area contributed by atoms with Crippen molar-refractivity contribution in [3.63, 3.8) is 0 Å². The molecule has 1 heterocycles. The molecule has 1 aromatic heterocycles. The monoisotopic (exact) mass is 770 g/mol. The molecule has 0 atom stereocenters. The van der Waals surface area contributed by atoms with Gasteiger partial charge in [0.2, 0.25) is 0 Å². The molecule has 0 radical (unpaired) electrons. The molecule has 2 heteroatoms. The standard InChI is InChI=1S/C58H46N2/c1-2-13-41(14-3-1)48-17-5-9-22-55(48)59(47-29-30-54-52(37-47)49-18-4-8-21-53(49)58(54)43-32-38-31-39(34-43)35-44(58)33-38)45-27-25-40(26-28-45)42-15-12-16-46(36-42)60-56-23-10-6-19-50(56)51-20-7-11-24-57(51)60/h1-30,36-39,43-44H,31-35H2. The molecule has 0 amide bonds. The van der Waals surface area contributed by atoms with E-state index in [0.29, 0.717) is 0 Å². The van der Waals surface area contributed by atoms with Crippen molar-refractivity contribution in [2.45, 2.75) is 37.5 Å². The third-order valence-electron chi connectivity index (χ3n) is 15.2. The molecule has 4 bridgehead atoms. The van der Waals surface area contributed by atoms with Gasteiger partial charge in [-0.25, -0.2) is 0 Å². The quantitative estimate of drug-likeness (QED) is 0.163. The van der Waals surface area contributed by atoms with Gasteiger partial charge in [0.25, 0.3) is 0 Å². The molecule has 4 fully saturated rings. The van der Waals surface area contributed by atoms with Crippen molar-refractivity contribution in [2.24, 2.45) is 23.7 Å². The van der Waals surface area contributed by atoms with E-state index in [1.54, 1.807) is 11.1 Å². The van der Waals surface area contributed by atoms with Gasteiger partial charge in [0.05, 0.1) is 16.7 Å². The zero-order valence-electron chi connectivity index (χ0n) is 33.7. The van der Waals surface area contributed by atoms with Crippen LogP contribution in [0.2, 0.25) is 0 Å². The second-order valence-corrected chi connectivity index (χ2v) is 18.1. The van der Waals surface area contributed by atoms with Gasteiger partial charge in [0.1, 0.15) is 0 Å². The fourth-order valence-corrected chi connectivity index (χ4v) is 13.1. The maximum Gasteiger partial charge on any atom is 0.0541 e. The number of hydrogen-bond donors (Lipinski definition) is 0. The van der Waals surface area contributed by atoms with Crippen LogP contribution in [0.15, 0.2) is 194 Å². The van der Waals surface area contributed by atoms with E-state index in [-0.39, 0.29) is 5.41 Å². The third kappa shape index (κ3) is 4.94. The Morgan fingerprint density at radius 2 is 0.983 bits per heavy atom. The summed E-state index contributed by atoms with van der Waals surface area (Å²) in [5.41, 5.74) is 18.2. The van der Waals surface area contributed by atoms with Crippen molar-refractivity contribution < 1.29 is 0 Å². The maximum atomic E-state index is 2.56. The smallest absolute Gasteiger partial charge is 0.0541 e. The summed E-state index contributed by atoms with van der Waals surface area (Å²) in [6.07, 6.45) is 7.05. The van der Waals surface area contributed by atoms with E-state index in [2.05, 4.69) is 204 Å². The largest absolute Gasteiger partial charge is 0.310 e. The number of para-hydroxylation sites is 3. The van der Waals surface area contributed by atoms with Crippen molar-refractivity contribution in [3.05, 3.63) is 205 Å². The molecule has 5 aliphatic carbocycles. The SMILES string of the molecule is c1ccc(-c2ccccc2N(c2ccc(-c3cccc(-n4c5ccccc5c5ccccc54)c3)cc2)c2ccc3c(c2)-c2ccccc2C32C3CC4CC(C3)CC2C4)cc1. The second kappa shape index (κ2) is 13.2. The fraction of sp³-hybridized carbons (Fsp3) is 0.172. The molecule has 0 saturated heterocycles. The van der Waals surface area contributed by atoms with Gasteiger partial charge in [0, 0.05) is 38.8 Å². The van der Waals surface area contributed by atoms with Gasteiger partial charge in [-0.2, -0.15) is 0 Å². The number of hydrogen-bond acceptors (Lipinski definition) is 1. The number of rotatable bonds is 6. The molecule has 0 aliphatic heterocycles. The summed E-state index contributed by atoms with van der Waals surface area (Å²) in [6, 6.07) is 72.6. The molecule has 9 aromatic rings. The van der Waals surface area contributed by atoms with Crippen LogP contribution in [0.5, 0.6) is 0 Å². The number of nitrogens with zero attached hydrogens (tertiary/aromatic N) is 2. The molecule has 60 heavy (non-hydrogen) atoms. The topological polar surface area (TPSA) is 8.17 Å². The second-order valence-electron chi connectivity index (χ2n) is 18.1. The van der Waals surface area contributed by atoms with E-state index >= 15 is 0 Å². The summed E-state index contributed by atoms with van der Waals surface area (Å²) in [7, 11) is 0. The predicted octanol–water partition coefficient (Wildman–Crippen LogP) is 15.3. The van der Waals surface area contributed by atoms with Crippen LogP contribution in [0.1, 0.15) is 43.2 Å². The minimum atomic E-state index is 0.153. The van der Waals surface area contributed by atoms with Crippen molar-refractivity contribution in [1.82, 2.24) is 4.57 Å². The Bertz CT molecular complexity index is 3030. The molecule has 0 N–H and O–H groups in total. The molecule has 4 saturated carbocycles. The maximum absolute atomic E-state index is 2.56. The predicted molar refractivity (Wildman–Crippen MR) is 250 cm³/mol. The average molecular weight is 771 g/mol. The molecule has 5 aliphatic rings. The molecule has 288 valence electrons. The first-order chi connectivity index (χ1) is 29.7. The zero-order valence-corrected chi connectivity index (χ0v) is 33.7. The first kappa shape index (κ1) is 34.2. The van der Waals surface area contributed by atoms with Crippen molar-refractivity contribution in [2.75, 3.05) is 4.90 Å². The van der Waals surface area contributed by atoms with Crippen LogP contribution < -0.4 is 4.90 Å². The molecule has 2 nitrogen and oxygen atoms in total. The van der Waals surface area contributed by atoms with Crippen LogP contribution >= 0.6 is 0 Å². The first-order valence-corrected chi connectivity index (χ1v) is 22.1. The fourth-order valence-electron chi connectivity index (χ4n) is 13.1. The number of fused-ring (bicyclic) bond motifs is 6. The normalized spacial score (nSPS) is 22.1. The lowest BCUT2D eigenvalue weighted by atomic mass is 9.43. The van der Waals surface area contributed by atoms with E-state index in [0.717, 1.165) is 29.4 Å². The van der Waals surface area contributed by atoms with Crippen LogP contribution in [-0.4, -0.2) is 4.57 Å². The molecule has 1 spiro atoms. The summed E-state index contributed by atoms with van der Waals surface area (Å²) < 4.78 is 2.41. The van der Waals surface area contributed by atoms with Crippen molar-refractivity contribution in [3.8, 4) is 39.1 Å². The number of anilines is 3. The molecule has 8 aromatic carbocycles. The lowest BCUT2D eigenvalue weighted by Gasteiger charge is -2.61. The minimum absolute atomic E-state index is 0.153. The Labute approximate surface area is 352 Å². The summed E-state index contributed by atoms with van der Waals surface area (Å²) in [5.74, 6) is 3.35. The highest BCUT2D eigenvalue weighted by Gasteiger charge is 2.61. The Morgan fingerprint density at radius 1 is 0.400 bits per heavy atom. The third-order valence-corrected chi connectivity index (χ3v) is 15.2. The highest BCUT2D eigenvalue weighted by atomic mass is 15.1. The lowest BCUT2D eigenvalue weighted by molar-refractivity contribution is -0.0399. The summed E-state index contributed by atoms with van der Waals surface area (Å²) in [4.78, 5) is 2.51. The van der Waals surface area contributed by atoms with Gasteiger partial charge in [0.15, 0.2) is 0 Å². The molecule has 0 unspecified atom stereocenters. The summed E-state index contributed by atoms with van der Waals surface area (Å²) in [6.45, 7) is 0. The van der Waals surface area contributed by atoms with Crippen LogP contribution in [0, 0.1) is 23.7 Å². The van der Waals surface area contributed by atoms with E-state index in [9.17, 15) is 0 Å². The Morgan fingerprint density at radius 3 is 1.72 bits per heavy atom. The highest BCUT2D eigenvalue weighted by molar-refractivity contribution is 6.09. The highest BCUT2D eigenvalue weighted by Crippen LogP contribution is 2.69. The van der Waals surface area contributed by atoms with Gasteiger partial charge >= 0.3 is 0 Å². The zero-order chi connectivity index (χ0) is 39.4. The van der Waals surface area contributed by atoms with Crippen molar-refractivity contribution in [1.29, 1.82) is 0 Å². The lowest BCUT2D eigenvalue weighted by Crippen LogP contribution is -2.55. The van der Waals surface area contributed by atoms with Crippen LogP contribution in [-0.2, 0) is 5.41 Å². The minimum Gasteiger partial charge on any atom is -0.310 e. The molecule has 14 rings (SSSR count).